The van der Waals surface area contributed by atoms with Crippen LogP contribution in [0.15, 0.2) is 37.2 Å². The van der Waals surface area contributed by atoms with Crippen LogP contribution in [0.2, 0.25) is 0 Å². The van der Waals surface area contributed by atoms with Gasteiger partial charge in [0.2, 0.25) is 0 Å². The van der Waals surface area contributed by atoms with Gasteiger partial charge in [-0.25, -0.2) is 14.6 Å². The summed E-state index contributed by atoms with van der Waals surface area (Å²) in [5, 5.41) is 17.2. The van der Waals surface area contributed by atoms with E-state index in [0.717, 1.165) is 11.9 Å². The van der Waals surface area contributed by atoms with Gasteiger partial charge in [0, 0.05) is 12.4 Å². The van der Waals surface area contributed by atoms with Gasteiger partial charge in [0.25, 0.3) is 0 Å². The fourth-order valence-corrected chi connectivity index (χ4v) is 1.42. The Hall–Kier alpha value is -2.89. The first-order valence-corrected chi connectivity index (χ1v) is 5.64. The number of hydrogen-bond donors (Lipinski definition) is 3. The van der Waals surface area contributed by atoms with E-state index in [0.29, 0.717) is 5.56 Å². The average molecular weight is 274 g/mol. The summed E-state index contributed by atoms with van der Waals surface area (Å²) in [4.78, 5) is 27.8. The zero-order valence-electron chi connectivity index (χ0n) is 10.8. The number of H-pyrrole nitrogens is 1. The van der Waals surface area contributed by atoms with Crippen LogP contribution < -0.4 is 0 Å². The molecule has 3 N–H and O–H groups in total. The highest BCUT2D eigenvalue weighted by Crippen LogP contribution is 2.09. The number of nitrogens with zero attached hydrogens (tertiary/aromatic N) is 1. The molecule has 0 aliphatic heterocycles. The number of aromatic carboxylic acids is 2. The first-order valence-electron chi connectivity index (χ1n) is 5.64. The summed E-state index contributed by atoms with van der Waals surface area (Å²) < 4.78 is 0. The molecule has 104 valence electrons. The number of carboxylic acids is 2. The minimum atomic E-state index is -1.12. The molecule has 0 atom stereocenters. The number of carbonyl (C=O) groups is 2. The normalized spacial score (nSPS) is 9.25. The molecule has 0 saturated heterocycles. The van der Waals surface area contributed by atoms with Crippen molar-refractivity contribution in [2.24, 2.45) is 0 Å². The fourth-order valence-electron chi connectivity index (χ4n) is 1.42. The number of nitrogens with one attached hydrogen (secondary N) is 1. The first-order chi connectivity index (χ1) is 9.43. The molecule has 0 amide bonds. The number of benzene rings is 1. The van der Waals surface area contributed by atoms with Gasteiger partial charge in [0.15, 0.2) is 0 Å². The number of hydrogen-bond acceptors (Lipinski definition) is 3. The lowest BCUT2D eigenvalue weighted by Crippen LogP contribution is -2.02. The summed E-state index contributed by atoms with van der Waals surface area (Å²) in [5.41, 5.74) is 0.618. The maximum absolute atomic E-state index is 10.5. The van der Waals surface area contributed by atoms with E-state index in [2.05, 4.69) is 16.5 Å². The number of imidazole rings is 1. The number of rotatable bonds is 3. The van der Waals surface area contributed by atoms with Gasteiger partial charge in [-0.2, -0.15) is 0 Å². The topological polar surface area (TPSA) is 103 Å². The van der Waals surface area contributed by atoms with E-state index < -0.39 is 11.9 Å². The van der Waals surface area contributed by atoms with Crippen molar-refractivity contribution in [3.8, 4) is 0 Å². The van der Waals surface area contributed by atoms with E-state index in [-0.39, 0.29) is 11.1 Å². The van der Waals surface area contributed by atoms with Crippen molar-refractivity contribution < 1.29 is 19.8 Å². The van der Waals surface area contributed by atoms with Crippen LogP contribution in [0.5, 0.6) is 0 Å². The Bertz CT molecular complexity index is 586. The van der Waals surface area contributed by atoms with E-state index in [9.17, 15) is 9.59 Å². The molecule has 1 aromatic heterocycles. The van der Waals surface area contributed by atoms with Crippen molar-refractivity contribution in [3.63, 3.8) is 0 Å². The standard InChI is InChI=1S/C9H8O4.C5H6N2/c1-5-2-6(8(10)11)4-7(3-5)9(12)13;1-2-5-6-3-4-7-5/h2-4H,1H3,(H,10,11)(H,12,13);2-4H,1H2,(H,6,7). The average Bonchev–Trinajstić information content (AvgIpc) is 2.91. The van der Waals surface area contributed by atoms with E-state index in [1.54, 1.807) is 25.4 Å². The van der Waals surface area contributed by atoms with E-state index >= 15 is 0 Å². The summed E-state index contributed by atoms with van der Waals surface area (Å²) in [6, 6.07) is 3.99. The molecule has 0 aliphatic rings. The molecule has 6 heteroatoms. The maximum atomic E-state index is 10.5. The van der Waals surface area contributed by atoms with Crippen LogP contribution in [-0.2, 0) is 0 Å². The summed E-state index contributed by atoms with van der Waals surface area (Å²) in [5.74, 6) is -1.42. The quantitative estimate of drug-likeness (QED) is 0.797. The van der Waals surface area contributed by atoms with Gasteiger partial charge in [0.1, 0.15) is 5.82 Å². The van der Waals surface area contributed by atoms with Crippen molar-refractivity contribution >= 4 is 18.0 Å². The van der Waals surface area contributed by atoms with Crippen LogP contribution in [-0.4, -0.2) is 32.1 Å². The third-order valence-corrected chi connectivity index (χ3v) is 2.28. The van der Waals surface area contributed by atoms with Gasteiger partial charge in [-0.3, -0.25) is 0 Å². The highest BCUT2D eigenvalue weighted by Gasteiger charge is 2.09. The molecular weight excluding hydrogens is 260 g/mol. The van der Waals surface area contributed by atoms with Crippen molar-refractivity contribution in [2.75, 3.05) is 0 Å². The minimum absolute atomic E-state index is 0.00241. The van der Waals surface area contributed by atoms with E-state index in [1.807, 2.05) is 0 Å². The lowest BCUT2D eigenvalue weighted by molar-refractivity contribution is 0.0696. The second-order valence-electron chi connectivity index (χ2n) is 3.88. The van der Waals surface area contributed by atoms with E-state index in [1.165, 1.54) is 12.1 Å². The molecule has 1 heterocycles. The Morgan fingerprint density at radius 2 is 1.75 bits per heavy atom. The third kappa shape index (κ3) is 4.41. The predicted molar refractivity (Wildman–Crippen MR) is 73.8 cm³/mol. The molecule has 20 heavy (non-hydrogen) atoms. The molecule has 0 saturated carbocycles. The number of aromatic nitrogens is 2. The maximum Gasteiger partial charge on any atom is 0.335 e. The van der Waals surface area contributed by atoms with Crippen molar-refractivity contribution in [1.82, 2.24) is 9.97 Å². The summed E-state index contributed by atoms with van der Waals surface area (Å²) in [6.45, 7) is 5.16. The van der Waals surface area contributed by atoms with Crippen molar-refractivity contribution in [3.05, 3.63) is 59.7 Å². The molecule has 0 aliphatic carbocycles. The number of carboxylic acid groups (broad SMARTS) is 2. The molecule has 0 fully saturated rings. The van der Waals surface area contributed by atoms with Gasteiger partial charge in [-0.1, -0.05) is 6.58 Å². The molecule has 0 spiro atoms. The van der Waals surface area contributed by atoms with Gasteiger partial charge in [0.05, 0.1) is 11.1 Å². The molecule has 0 unspecified atom stereocenters. The largest absolute Gasteiger partial charge is 0.478 e. The minimum Gasteiger partial charge on any atom is -0.478 e. The van der Waals surface area contributed by atoms with Crippen LogP contribution in [0.4, 0.5) is 0 Å². The Labute approximate surface area is 115 Å². The molecule has 6 nitrogen and oxygen atoms in total. The Balaban J connectivity index is 0.000000240. The number of aryl methyl sites for hydroxylation is 1. The molecule has 2 rings (SSSR count). The molecule has 2 aromatic rings. The van der Waals surface area contributed by atoms with Gasteiger partial charge in [-0.15, -0.1) is 0 Å². The molecule has 1 aromatic carbocycles. The Kier molecular flexibility index (Phi) is 5.22. The van der Waals surface area contributed by atoms with Gasteiger partial charge in [-0.05, 0) is 36.8 Å². The summed E-state index contributed by atoms with van der Waals surface area (Å²) >= 11 is 0. The molecular formula is C14H14N2O4. The van der Waals surface area contributed by atoms with Gasteiger partial charge >= 0.3 is 11.9 Å². The van der Waals surface area contributed by atoms with Crippen LogP contribution in [0.3, 0.4) is 0 Å². The van der Waals surface area contributed by atoms with E-state index in [4.69, 9.17) is 10.2 Å². The van der Waals surface area contributed by atoms with Gasteiger partial charge < -0.3 is 15.2 Å². The number of aromatic amines is 1. The predicted octanol–water partition coefficient (Wildman–Crippen LogP) is 2.44. The smallest absolute Gasteiger partial charge is 0.335 e. The van der Waals surface area contributed by atoms with Crippen molar-refractivity contribution in [2.45, 2.75) is 6.92 Å². The molecule has 0 radical (unpaired) electrons. The van der Waals surface area contributed by atoms with Crippen LogP contribution in [0, 0.1) is 6.92 Å². The monoisotopic (exact) mass is 274 g/mol. The first kappa shape index (κ1) is 15.2. The zero-order valence-corrected chi connectivity index (χ0v) is 10.8. The third-order valence-electron chi connectivity index (χ3n) is 2.28. The second-order valence-corrected chi connectivity index (χ2v) is 3.88. The summed E-state index contributed by atoms with van der Waals surface area (Å²) in [7, 11) is 0. The zero-order chi connectivity index (χ0) is 15.1. The summed E-state index contributed by atoms with van der Waals surface area (Å²) in [6.07, 6.45) is 5.12. The van der Waals surface area contributed by atoms with Crippen LogP contribution >= 0.6 is 0 Å². The SMILES string of the molecule is C=Cc1ncc[nH]1.Cc1cc(C(=O)O)cc(C(=O)O)c1. The lowest BCUT2D eigenvalue weighted by atomic mass is 10.1. The Morgan fingerprint density at radius 3 is 2.05 bits per heavy atom. The van der Waals surface area contributed by atoms with Crippen molar-refractivity contribution in [1.29, 1.82) is 0 Å². The second kappa shape index (κ2) is 6.89. The highest BCUT2D eigenvalue weighted by atomic mass is 16.4. The fraction of sp³-hybridized carbons (Fsp3) is 0.0714. The molecule has 0 bridgehead atoms. The Morgan fingerprint density at radius 1 is 1.20 bits per heavy atom. The highest BCUT2D eigenvalue weighted by molar-refractivity contribution is 5.94. The lowest BCUT2D eigenvalue weighted by Gasteiger charge is -1.99. The van der Waals surface area contributed by atoms with Crippen LogP contribution in [0.1, 0.15) is 32.1 Å². The van der Waals surface area contributed by atoms with Crippen LogP contribution in [0.25, 0.3) is 6.08 Å².